The largest absolute Gasteiger partial charge is 0.375 e. The van der Waals surface area contributed by atoms with E-state index in [-0.39, 0.29) is 0 Å². The highest BCUT2D eigenvalue weighted by atomic mass is 79.9. The molecule has 2 nitrogen and oxygen atoms in total. The van der Waals surface area contributed by atoms with Crippen molar-refractivity contribution in [1.29, 1.82) is 0 Å². The molecular formula is C14H22BrNO. The van der Waals surface area contributed by atoms with Gasteiger partial charge in [0.25, 0.3) is 0 Å². The lowest BCUT2D eigenvalue weighted by atomic mass is 10.2. The van der Waals surface area contributed by atoms with Crippen LogP contribution >= 0.6 is 15.9 Å². The maximum absolute atomic E-state index is 5.65. The molecule has 0 fully saturated rings. The van der Waals surface area contributed by atoms with Crippen molar-refractivity contribution in [2.24, 2.45) is 0 Å². The summed E-state index contributed by atoms with van der Waals surface area (Å²) in [5, 5.41) is 3.48. The van der Waals surface area contributed by atoms with Crippen LogP contribution in [0.5, 0.6) is 0 Å². The third-order valence-corrected chi connectivity index (χ3v) is 3.65. The summed E-state index contributed by atoms with van der Waals surface area (Å²) in [6, 6.07) is 8.80. The SMILES string of the molecule is CCC(CC)NCCOCc1ccccc1Br. The van der Waals surface area contributed by atoms with Crippen LogP contribution in [0.3, 0.4) is 0 Å². The van der Waals surface area contributed by atoms with E-state index in [1.165, 1.54) is 18.4 Å². The van der Waals surface area contributed by atoms with E-state index in [0.717, 1.165) is 17.6 Å². The molecule has 0 saturated heterocycles. The summed E-state index contributed by atoms with van der Waals surface area (Å²) in [4.78, 5) is 0. The van der Waals surface area contributed by atoms with Gasteiger partial charge in [-0.3, -0.25) is 0 Å². The summed E-state index contributed by atoms with van der Waals surface area (Å²) in [6.45, 7) is 6.78. The van der Waals surface area contributed by atoms with E-state index >= 15 is 0 Å². The average molecular weight is 300 g/mol. The lowest BCUT2D eigenvalue weighted by Crippen LogP contribution is -2.30. The first-order chi connectivity index (χ1) is 8.27. The van der Waals surface area contributed by atoms with Gasteiger partial charge >= 0.3 is 0 Å². The Morgan fingerprint density at radius 1 is 1.24 bits per heavy atom. The Balaban J connectivity index is 2.14. The molecule has 0 aliphatic rings. The smallest absolute Gasteiger partial charge is 0.0728 e. The Morgan fingerprint density at radius 3 is 2.59 bits per heavy atom. The van der Waals surface area contributed by atoms with Crippen molar-refractivity contribution in [3.8, 4) is 0 Å². The van der Waals surface area contributed by atoms with Crippen molar-refractivity contribution >= 4 is 15.9 Å². The van der Waals surface area contributed by atoms with Crippen molar-refractivity contribution in [1.82, 2.24) is 5.32 Å². The molecule has 0 aliphatic heterocycles. The van der Waals surface area contributed by atoms with Gasteiger partial charge in [-0.25, -0.2) is 0 Å². The molecule has 0 unspecified atom stereocenters. The second kappa shape index (κ2) is 8.67. The van der Waals surface area contributed by atoms with Crippen molar-refractivity contribution in [2.45, 2.75) is 39.3 Å². The third-order valence-electron chi connectivity index (χ3n) is 2.88. The van der Waals surface area contributed by atoms with E-state index in [9.17, 15) is 0 Å². The Morgan fingerprint density at radius 2 is 1.94 bits per heavy atom. The molecule has 0 bridgehead atoms. The van der Waals surface area contributed by atoms with Gasteiger partial charge in [-0.15, -0.1) is 0 Å². The maximum Gasteiger partial charge on any atom is 0.0728 e. The fourth-order valence-corrected chi connectivity index (χ4v) is 2.11. The summed E-state index contributed by atoms with van der Waals surface area (Å²) < 4.78 is 6.77. The number of nitrogens with one attached hydrogen (secondary N) is 1. The molecular weight excluding hydrogens is 278 g/mol. The van der Waals surface area contributed by atoms with Gasteiger partial charge in [-0.05, 0) is 24.5 Å². The molecule has 0 heterocycles. The quantitative estimate of drug-likeness (QED) is 0.738. The number of hydrogen-bond donors (Lipinski definition) is 1. The lowest BCUT2D eigenvalue weighted by molar-refractivity contribution is 0.120. The molecule has 17 heavy (non-hydrogen) atoms. The van der Waals surface area contributed by atoms with Crippen LogP contribution in [0, 0.1) is 0 Å². The van der Waals surface area contributed by atoms with Crippen LogP contribution in [0.25, 0.3) is 0 Å². The van der Waals surface area contributed by atoms with E-state index < -0.39 is 0 Å². The fraction of sp³-hybridized carbons (Fsp3) is 0.571. The van der Waals surface area contributed by atoms with E-state index in [4.69, 9.17) is 4.74 Å². The van der Waals surface area contributed by atoms with E-state index in [1.807, 2.05) is 18.2 Å². The number of benzene rings is 1. The summed E-state index contributed by atoms with van der Waals surface area (Å²) in [6.07, 6.45) is 2.36. The summed E-state index contributed by atoms with van der Waals surface area (Å²) in [7, 11) is 0. The lowest BCUT2D eigenvalue weighted by Gasteiger charge is -2.14. The third kappa shape index (κ3) is 5.66. The predicted molar refractivity (Wildman–Crippen MR) is 76.2 cm³/mol. The number of hydrogen-bond acceptors (Lipinski definition) is 2. The van der Waals surface area contributed by atoms with Crippen LogP contribution in [0.2, 0.25) is 0 Å². The van der Waals surface area contributed by atoms with Crippen molar-refractivity contribution in [2.75, 3.05) is 13.2 Å². The molecule has 0 atom stereocenters. The number of rotatable bonds is 8. The molecule has 0 aliphatic carbocycles. The fourth-order valence-electron chi connectivity index (χ4n) is 1.71. The van der Waals surface area contributed by atoms with Gasteiger partial charge < -0.3 is 10.1 Å². The van der Waals surface area contributed by atoms with Crippen LogP contribution in [-0.2, 0) is 11.3 Å². The normalized spacial score (nSPS) is 11.1. The van der Waals surface area contributed by atoms with Crippen LogP contribution in [-0.4, -0.2) is 19.2 Å². The monoisotopic (exact) mass is 299 g/mol. The van der Waals surface area contributed by atoms with Crippen LogP contribution in [0.1, 0.15) is 32.3 Å². The molecule has 1 aromatic carbocycles. The van der Waals surface area contributed by atoms with Gasteiger partial charge in [0.05, 0.1) is 13.2 Å². The predicted octanol–water partition coefficient (Wildman–Crippen LogP) is 3.74. The second-order valence-electron chi connectivity index (χ2n) is 4.11. The van der Waals surface area contributed by atoms with Crippen LogP contribution in [0.4, 0.5) is 0 Å². The minimum atomic E-state index is 0.627. The molecule has 3 heteroatoms. The Hall–Kier alpha value is -0.380. The Labute approximate surface area is 113 Å². The van der Waals surface area contributed by atoms with Crippen LogP contribution in [0.15, 0.2) is 28.7 Å². The molecule has 1 N–H and O–H groups in total. The Bertz CT molecular complexity index is 313. The molecule has 96 valence electrons. The van der Waals surface area contributed by atoms with Gasteiger partial charge in [0, 0.05) is 17.1 Å². The highest BCUT2D eigenvalue weighted by Crippen LogP contribution is 2.16. The number of ether oxygens (including phenoxy) is 1. The zero-order valence-electron chi connectivity index (χ0n) is 10.7. The molecule has 0 aromatic heterocycles. The van der Waals surface area contributed by atoms with Crippen LogP contribution < -0.4 is 5.32 Å². The first kappa shape index (κ1) is 14.7. The minimum absolute atomic E-state index is 0.627. The van der Waals surface area contributed by atoms with Gasteiger partial charge in [-0.1, -0.05) is 48.0 Å². The Kier molecular flexibility index (Phi) is 7.49. The minimum Gasteiger partial charge on any atom is -0.375 e. The zero-order valence-corrected chi connectivity index (χ0v) is 12.3. The van der Waals surface area contributed by atoms with E-state index in [0.29, 0.717) is 12.6 Å². The van der Waals surface area contributed by atoms with E-state index in [1.54, 1.807) is 0 Å². The van der Waals surface area contributed by atoms with Gasteiger partial charge in [0.1, 0.15) is 0 Å². The van der Waals surface area contributed by atoms with Gasteiger partial charge in [0.2, 0.25) is 0 Å². The maximum atomic E-state index is 5.65. The molecule has 1 rings (SSSR count). The molecule has 1 aromatic rings. The summed E-state index contributed by atoms with van der Waals surface area (Å²) in [5.41, 5.74) is 1.20. The van der Waals surface area contributed by atoms with Crippen molar-refractivity contribution in [3.05, 3.63) is 34.3 Å². The highest BCUT2D eigenvalue weighted by Gasteiger charge is 2.01. The number of halogens is 1. The average Bonchev–Trinajstić information content (AvgIpc) is 2.36. The molecule has 0 radical (unpaired) electrons. The zero-order chi connectivity index (χ0) is 12.5. The van der Waals surface area contributed by atoms with Gasteiger partial charge in [-0.2, -0.15) is 0 Å². The standard InChI is InChI=1S/C14H22BrNO/c1-3-13(4-2)16-9-10-17-11-12-7-5-6-8-14(12)15/h5-8,13,16H,3-4,9-11H2,1-2H3. The molecule has 0 amide bonds. The summed E-state index contributed by atoms with van der Waals surface area (Å²) in [5.74, 6) is 0. The van der Waals surface area contributed by atoms with Crippen molar-refractivity contribution in [3.63, 3.8) is 0 Å². The topological polar surface area (TPSA) is 21.3 Å². The summed E-state index contributed by atoms with van der Waals surface area (Å²) >= 11 is 3.52. The van der Waals surface area contributed by atoms with Crippen molar-refractivity contribution < 1.29 is 4.74 Å². The van der Waals surface area contributed by atoms with Gasteiger partial charge in [0.15, 0.2) is 0 Å². The highest BCUT2D eigenvalue weighted by molar-refractivity contribution is 9.10. The first-order valence-corrected chi connectivity index (χ1v) is 7.11. The van der Waals surface area contributed by atoms with E-state index in [2.05, 4.69) is 41.2 Å². The first-order valence-electron chi connectivity index (χ1n) is 6.32. The molecule has 0 spiro atoms. The molecule has 0 saturated carbocycles. The second-order valence-corrected chi connectivity index (χ2v) is 4.97.